The summed E-state index contributed by atoms with van der Waals surface area (Å²) in [6.07, 6.45) is 44.5. The van der Waals surface area contributed by atoms with Gasteiger partial charge in [0.2, 0.25) is 0 Å². The zero-order valence-electron chi connectivity index (χ0n) is 37.1. The Labute approximate surface area is 342 Å². The molecule has 0 spiro atoms. The van der Waals surface area contributed by atoms with E-state index >= 15 is 0 Å². The summed E-state index contributed by atoms with van der Waals surface area (Å²) in [4.78, 5) is 18.3. The molecule has 1 rings (SSSR count). The summed E-state index contributed by atoms with van der Waals surface area (Å²) in [6, 6.07) is 6.15. The number of rotatable bonds is 40. The van der Waals surface area contributed by atoms with Crippen molar-refractivity contribution >= 4 is 8.17 Å². The molecule has 0 bridgehead atoms. The van der Waals surface area contributed by atoms with E-state index < -0.39 is 8.17 Å². The van der Waals surface area contributed by atoms with Gasteiger partial charge in [-0.15, -0.1) is 0 Å². The van der Waals surface area contributed by atoms with Crippen molar-refractivity contribution in [3.8, 4) is 5.75 Å². The highest BCUT2D eigenvalue weighted by Crippen LogP contribution is 2.54. The molecule has 0 aliphatic heterocycles. The Morgan fingerprint density at radius 3 is 1.09 bits per heavy atom. The van der Waals surface area contributed by atoms with Gasteiger partial charge in [-0.3, -0.25) is 4.52 Å². The molecule has 0 amide bonds. The fourth-order valence-electron chi connectivity index (χ4n) is 6.97. The summed E-state index contributed by atoms with van der Waals surface area (Å²) < 4.78 is 18.2. The van der Waals surface area contributed by atoms with E-state index in [1.165, 1.54) is 154 Å². The smallest absolute Gasteiger partial charge is 0.429 e. The Morgan fingerprint density at radius 1 is 0.455 bits per heavy atom. The minimum atomic E-state index is -3.77. The average Bonchev–Trinajstić information content (AvgIpc) is 3.13. The molecule has 0 heterocycles. The number of unbranched alkanes of at least 4 members (excludes halogenated alkanes) is 24. The predicted molar refractivity (Wildman–Crippen MR) is 240 cm³/mol. The fourth-order valence-corrected chi connectivity index (χ4v) is 8.21. The van der Waals surface area contributed by atoms with E-state index in [2.05, 4.69) is 82.2 Å². The molecule has 7 heteroatoms. The van der Waals surface area contributed by atoms with Crippen LogP contribution >= 0.6 is 8.17 Å². The molecule has 0 aromatic heterocycles. The van der Waals surface area contributed by atoms with E-state index in [0.717, 1.165) is 49.9 Å². The van der Waals surface area contributed by atoms with Crippen molar-refractivity contribution in [2.75, 3.05) is 41.4 Å². The molecule has 55 heavy (non-hydrogen) atoms. The van der Waals surface area contributed by atoms with Crippen molar-refractivity contribution in [3.05, 3.63) is 53.6 Å². The van der Waals surface area contributed by atoms with Crippen LogP contribution in [0.15, 0.2) is 42.5 Å². The summed E-state index contributed by atoms with van der Waals surface area (Å²) in [6.45, 7) is 6.87. The summed E-state index contributed by atoms with van der Waals surface area (Å²) in [7, 11) is 4.45. The SMILES string of the molecule is CCCCCCCC/C=C\CCCCCCCCO[P+]([O-])(OCCCCCCCC/C=C\CCCCCCCC)Oc1cc(CN(C)C)cc(CN(C)C)c1. The first-order valence-corrected chi connectivity index (χ1v) is 24.5. The zero-order valence-corrected chi connectivity index (χ0v) is 38.0. The Hall–Kier alpha value is -1.27. The molecule has 0 saturated heterocycles. The molecular formula is C48H89N2O4P. The number of allylic oxidation sites excluding steroid dienone is 4. The Morgan fingerprint density at radius 2 is 0.764 bits per heavy atom. The molecule has 0 fully saturated rings. The van der Waals surface area contributed by atoms with Gasteiger partial charge in [-0.05, 0) is 116 Å². The molecule has 1 aromatic rings. The van der Waals surface area contributed by atoms with E-state index in [0.29, 0.717) is 19.0 Å². The van der Waals surface area contributed by atoms with Crippen LogP contribution in [0, 0.1) is 0 Å². The number of hydrogen-bond donors (Lipinski definition) is 0. The molecule has 0 unspecified atom stereocenters. The average molecular weight is 789 g/mol. The summed E-state index contributed by atoms with van der Waals surface area (Å²) in [5.41, 5.74) is 2.24. The van der Waals surface area contributed by atoms with E-state index in [-0.39, 0.29) is 0 Å². The highest BCUT2D eigenvalue weighted by atomic mass is 31.2. The monoisotopic (exact) mass is 789 g/mol. The van der Waals surface area contributed by atoms with Crippen molar-refractivity contribution in [3.63, 3.8) is 0 Å². The second-order valence-electron chi connectivity index (χ2n) is 16.5. The van der Waals surface area contributed by atoms with Crippen LogP contribution in [0.25, 0.3) is 0 Å². The van der Waals surface area contributed by atoms with E-state index in [1.807, 2.05) is 12.1 Å². The summed E-state index contributed by atoms with van der Waals surface area (Å²) in [5.74, 6) is 0.557. The van der Waals surface area contributed by atoms with E-state index in [9.17, 15) is 4.89 Å². The summed E-state index contributed by atoms with van der Waals surface area (Å²) >= 11 is 0. The standard InChI is InChI=1S/C48H89N2O4P/c1-7-9-11-13-15-17-19-21-23-25-27-29-31-33-35-37-39-52-55(51,54-48-42-46(44-49(3)4)41-47(43-48)45-50(5)6)53-40-38-36-34-32-30-28-26-24-22-20-18-16-14-12-10-8-2/h21-24,41-43H,7-20,25-40,44-45H2,1-6H3/b23-21-,24-22-. The second-order valence-corrected chi connectivity index (χ2v) is 18.1. The van der Waals surface area contributed by atoms with Crippen LogP contribution in [-0.2, 0) is 22.1 Å². The minimum absolute atomic E-state index is 0.383. The van der Waals surface area contributed by atoms with Crippen molar-refractivity contribution in [1.29, 1.82) is 0 Å². The molecule has 0 radical (unpaired) electrons. The lowest BCUT2D eigenvalue weighted by Gasteiger charge is -2.26. The van der Waals surface area contributed by atoms with Gasteiger partial charge in [-0.25, -0.2) is 0 Å². The van der Waals surface area contributed by atoms with Gasteiger partial charge in [-0.2, -0.15) is 9.05 Å². The molecule has 320 valence electrons. The van der Waals surface area contributed by atoms with Crippen LogP contribution in [0.5, 0.6) is 5.75 Å². The first-order valence-electron chi connectivity index (χ1n) is 23.1. The zero-order chi connectivity index (χ0) is 40.1. The number of nitrogens with zero attached hydrogens (tertiary/aromatic N) is 2. The normalized spacial score (nSPS) is 12.4. The molecule has 0 N–H and O–H groups in total. The molecule has 6 nitrogen and oxygen atoms in total. The third kappa shape index (κ3) is 33.4. The van der Waals surface area contributed by atoms with Gasteiger partial charge < -0.3 is 14.7 Å². The lowest BCUT2D eigenvalue weighted by atomic mass is 10.1. The van der Waals surface area contributed by atoms with Gasteiger partial charge in [0.15, 0.2) is 5.75 Å². The van der Waals surface area contributed by atoms with Crippen LogP contribution in [0.3, 0.4) is 0 Å². The third-order valence-corrected chi connectivity index (χ3v) is 11.5. The largest absolute Gasteiger partial charge is 0.598 e. The number of hydrogen-bond acceptors (Lipinski definition) is 6. The van der Waals surface area contributed by atoms with Crippen LogP contribution in [0.2, 0.25) is 0 Å². The predicted octanol–water partition coefficient (Wildman–Crippen LogP) is 14.3. The van der Waals surface area contributed by atoms with Crippen molar-refractivity contribution in [2.45, 2.75) is 207 Å². The third-order valence-electron chi connectivity index (χ3n) is 10.1. The fraction of sp³-hybridized carbons (Fsp3) is 0.792. The number of phosphoric acid groups is 1. The lowest BCUT2D eigenvalue weighted by Crippen LogP contribution is -2.22. The Balaban J connectivity index is 2.45. The second kappa shape index (κ2) is 37.0. The van der Waals surface area contributed by atoms with Crippen molar-refractivity contribution in [1.82, 2.24) is 9.80 Å². The van der Waals surface area contributed by atoms with Gasteiger partial charge in [0.1, 0.15) is 0 Å². The van der Waals surface area contributed by atoms with Crippen LogP contribution < -0.4 is 9.42 Å². The summed E-state index contributed by atoms with van der Waals surface area (Å²) in [5, 5.41) is 0. The van der Waals surface area contributed by atoms with Crippen LogP contribution in [-0.4, -0.2) is 51.2 Å². The molecule has 0 aliphatic rings. The quantitative estimate of drug-likeness (QED) is 0.0375. The van der Waals surface area contributed by atoms with Gasteiger partial charge in [0, 0.05) is 13.1 Å². The maximum absolute atomic E-state index is 14.1. The van der Waals surface area contributed by atoms with Crippen molar-refractivity contribution in [2.24, 2.45) is 0 Å². The van der Waals surface area contributed by atoms with Crippen LogP contribution in [0.1, 0.15) is 205 Å². The van der Waals surface area contributed by atoms with Crippen molar-refractivity contribution < 1.29 is 18.5 Å². The molecule has 0 atom stereocenters. The number of benzene rings is 1. The molecule has 0 aliphatic carbocycles. The molecular weight excluding hydrogens is 700 g/mol. The first-order chi connectivity index (χ1) is 26.8. The topological polar surface area (TPSA) is 57.2 Å². The van der Waals surface area contributed by atoms with Gasteiger partial charge in [0.05, 0.1) is 13.2 Å². The highest BCUT2D eigenvalue weighted by Gasteiger charge is 2.35. The Kier molecular flexibility index (Phi) is 34.8. The Bertz CT molecular complexity index is 975. The highest BCUT2D eigenvalue weighted by molar-refractivity contribution is 7.54. The number of phosphoric ester groups is 1. The maximum Gasteiger partial charge on any atom is 0.429 e. The van der Waals surface area contributed by atoms with Gasteiger partial charge in [0.25, 0.3) is 0 Å². The first kappa shape index (κ1) is 51.7. The molecule has 0 saturated carbocycles. The molecule has 1 aromatic carbocycles. The van der Waals surface area contributed by atoms with Crippen LogP contribution in [0.4, 0.5) is 0 Å². The van der Waals surface area contributed by atoms with E-state index in [4.69, 9.17) is 13.6 Å². The minimum Gasteiger partial charge on any atom is -0.598 e. The van der Waals surface area contributed by atoms with Gasteiger partial charge >= 0.3 is 8.17 Å². The lowest BCUT2D eigenvalue weighted by molar-refractivity contribution is -0.240. The van der Waals surface area contributed by atoms with E-state index in [1.54, 1.807) is 0 Å². The maximum atomic E-state index is 14.1. The van der Waals surface area contributed by atoms with Gasteiger partial charge in [-0.1, -0.05) is 160 Å².